The van der Waals surface area contributed by atoms with Gasteiger partial charge in [0.05, 0.1) is 12.2 Å². The van der Waals surface area contributed by atoms with Crippen LogP contribution in [0.15, 0.2) is 24.3 Å². The number of nitrogens with one attached hydrogen (secondary N) is 1. The summed E-state index contributed by atoms with van der Waals surface area (Å²) < 4.78 is 43.1. The van der Waals surface area contributed by atoms with Gasteiger partial charge in [0, 0.05) is 5.56 Å². The molecule has 1 atom stereocenters. The first-order valence-electron chi connectivity index (χ1n) is 8.40. The molecule has 0 unspecified atom stereocenters. The Hall–Kier alpha value is -2.05. The van der Waals surface area contributed by atoms with Crippen molar-refractivity contribution in [2.24, 2.45) is 0 Å². The van der Waals surface area contributed by atoms with E-state index in [1.54, 1.807) is 0 Å². The molecule has 0 saturated heterocycles. The third-order valence-corrected chi connectivity index (χ3v) is 3.65. The molecule has 0 heterocycles. The van der Waals surface area contributed by atoms with Gasteiger partial charge < -0.3 is 10.1 Å². The van der Waals surface area contributed by atoms with E-state index in [1.807, 2.05) is 0 Å². The molecule has 0 aromatic heterocycles. The molecule has 0 spiro atoms. The van der Waals surface area contributed by atoms with Gasteiger partial charge in [0.2, 0.25) is 0 Å². The number of hydrogen-bond acceptors (Lipinski definition) is 3. The third kappa shape index (κ3) is 7.58. The molecule has 140 valence electrons. The van der Waals surface area contributed by atoms with E-state index in [2.05, 4.69) is 12.2 Å². The van der Waals surface area contributed by atoms with Crippen molar-refractivity contribution in [1.82, 2.24) is 5.32 Å². The highest BCUT2D eigenvalue weighted by Gasteiger charge is 2.31. The zero-order valence-electron chi connectivity index (χ0n) is 14.5. The second-order valence-corrected chi connectivity index (χ2v) is 5.86. The van der Waals surface area contributed by atoms with E-state index in [0.717, 1.165) is 50.3 Å². The lowest BCUT2D eigenvalue weighted by atomic mass is 10.1. The largest absolute Gasteiger partial charge is 0.464 e. The molecule has 1 amide bonds. The molecule has 1 rings (SSSR count). The molecule has 0 aliphatic rings. The Labute approximate surface area is 145 Å². The minimum atomic E-state index is -4.53. The Balaban J connectivity index is 2.47. The van der Waals surface area contributed by atoms with E-state index >= 15 is 0 Å². The van der Waals surface area contributed by atoms with Crippen molar-refractivity contribution in [2.75, 3.05) is 6.61 Å². The maximum Gasteiger partial charge on any atom is 0.416 e. The standard InChI is InChI=1S/C18H24F3NO3/c1-3-4-5-6-7-11-25-17(24)13(2)22-16(23)14-9-8-10-15(12-14)18(19,20)21/h8-10,12-13H,3-7,11H2,1-2H3,(H,22,23)/t13-/m0/s1. The van der Waals surface area contributed by atoms with E-state index < -0.39 is 29.7 Å². The number of ether oxygens (including phenoxy) is 1. The van der Waals surface area contributed by atoms with Gasteiger partial charge >= 0.3 is 12.1 Å². The highest BCUT2D eigenvalue weighted by molar-refractivity contribution is 5.96. The lowest BCUT2D eigenvalue weighted by molar-refractivity contribution is -0.145. The van der Waals surface area contributed by atoms with Crippen LogP contribution in [0.3, 0.4) is 0 Å². The Morgan fingerprint density at radius 2 is 1.84 bits per heavy atom. The summed E-state index contributed by atoms with van der Waals surface area (Å²) in [5.74, 6) is -1.35. The minimum absolute atomic E-state index is 0.158. The quantitative estimate of drug-likeness (QED) is 0.527. The molecule has 4 nitrogen and oxygen atoms in total. The molecule has 1 aromatic carbocycles. The van der Waals surface area contributed by atoms with Crippen molar-refractivity contribution in [3.05, 3.63) is 35.4 Å². The summed E-state index contributed by atoms with van der Waals surface area (Å²) in [6, 6.07) is 3.11. The molecule has 0 saturated carbocycles. The van der Waals surface area contributed by atoms with Crippen molar-refractivity contribution in [1.29, 1.82) is 0 Å². The lowest BCUT2D eigenvalue weighted by Gasteiger charge is -2.14. The van der Waals surface area contributed by atoms with Gasteiger partial charge in [-0.25, -0.2) is 4.79 Å². The number of carbonyl (C=O) groups is 2. The number of unbranched alkanes of at least 4 members (excludes halogenated alkanes) is 4. The monoisotopic (exact) mass is 359 g/mol. The van der Waals surface area contributed by atoms with E-state index in [9.17, 15) is 22.8 Å². The maximum absolute atomic E-state index is 12.7. The molecule has 0 aliphatic carbocycles. The second kappa shape index (κ2) is 10.1. The summed E-state index contributed by atoms with van der Waals surface area (Å²) in [6.45, 7) is 3.81. The van der Waals surface area contributed by atoms with Crippen molar-refractivity contribution < 1.29 is 27.5 Å². The normalized spacial score (nSPS) is 12.5. The smallest absolute Gasteiger partial charge is 0.416 e. The summed E-state index contributed by atoms with van der Waals surface area (Å²) in [6.07, 6.45) is 0.524. The summed E-state index contributed by atoms with van der Waals surface area (Å²) in [7, 11) is 0. The molecular weight excluding hydrogens is 335 g/mol. The average Bonchev–Trinajstić information content (AvgIpc) is 2.57. The Morgan fingerprint density at radius 3 is 2.48 bits per heavy atom. The SMILES string of the molecule is CCCCCCCOC(=O)[C@H](C)NC(=O)c1cccc(C(F)(F)F)c1. The van der Waals surface area contributed by atoms with Gasteiger partial charge in [-0.2, -0.15) is 13.2 Å². The van der Waals surface area contributed by atoms with Crippen molar-refractivity contribution in [2.45, 2.75) is 58.2 Å². The van der Waals surface area contributed by atoms with Crippen molar-refractivity contribution in [3.63, 3.8) is 0 Å². The number of alkyl halides is 3. The van der Waals surface area contributed by atoms with E-state index in [-0.39, 0.29) is 12.2 Å². The van der Waals surface area contributed by atoms with Gasteiger partial charge in [0.25, 0.3) is 5.91 Å². The highest BCUT2D eigenvalue weighted by Crippen LogP contribution is 2.29. The van der Waals surface area contributed by atoms with E-state index in [4.69, 9.17) is 4.74 Å². The van der Waals surface area contributed by atoms with Gasteiger partial charge in [-0.15, -0.1) is 0 Å². The number of halogens is 3. The zero-order chi connectivity index (χ0) is 18.9. The number of esters is 1. The Bertz CT molecular complexity index is 573. The highest BCUT2D eigenvalue weighted by atomic mass is 19.4. The molecule has 1 N–H and O–H groups in total. The van der Waals surface area contributed by atoms with Gasteiger partial charge in [-0.1, -0.05) is 38.7 Å². The van der Waals surface area contributed by atoms with Gasteiger partial charge in [-0.05, 0) is 31.5 Å². The molecule has 25 heavy (non-hydrogen) atoms. The second-order valence-electron chi connectivity index (χ2n) is 5.86. The van der Waals surface area contributed by atoms with Crippen LogP contribution in [0.1, 0.15) is 61.9 Å². The molecule has 0 radical (unpaired) electrons. The van der Waals surface area contributed by atoms with Gasteiger partial charge in [-0.3, -0.25) is 4.79 Å². The molecule has 0 fully saturated rings. The zero-order valence-corrected chi connectivity index (χ0v) is 14.5. The fourth-order valence-electron chi connectivity index (χ4n) is 2.18. The molecule has 1 aromatic rings. The van der Waals surface area contributed by atoms with Gasteiger partial charge in [0.15, 0.2) is 0 Å². The molecule has 0 bridgehead atoms. The number of benzene rings is 1. The summed E-state index contributed by atoms with van der Waals surface area (Å²) in [5.41, 5.74) is -1.07. The van der Waals surface area contributed by atoms with Crippen LogP contribution in [0.5, 0.6) is 0 Å². The van der Waals surface area contributed by atoms with Crippen LogP contribution in [-0.2, 0) is 15.7 Å². The summed E-state index contributed by atoms with van der Waals surface area (Å²) in [4.78, 5) is 23.8. The Morgan fingerprint density at radius 1 is 1.16 bits per heavy atom. The Kier molecular flexibility index (Phi) is 8.45. The van der Waals surface area contributed by atoms with Crippen LogP contribution in [0.4, 0.5) is 13.2 Å². The van der Waals surface area contributed by atoms with E-state index in [0.29, 0.717) is 0 Å². The van der Waals surface area contributed by atoms with Gasteiger partial charge in [0.1, 0.15) is 6.04 Å². The fourth-order valence-corrected chi connectivity index (χ4v) is 2.18. The third-order valence-electron chi connectivity index (χ3n) is 3.65. The lowest BCUT2D eigenvalue weighted by Crippen LogP contribution is -2.39. The van der Waals surface area contributed by atoms with Crippen LogP contribution in [0, 0.1) is 0 Å². The first-order valence-corrected chi connectivity index (χ1v) is 8.40. The number of hydrogen-bond donors (Lipinski definition) is 1. The van der Waals surface area contributed by atoms with Crippen molar-refractivity contribution >= 4 is 11.9 Å². The van der Waals surface area contributed by atoms with Crippen molar-refractivity contribution in [3.8, 4) is 0 Å². The minimum Gasteiger partial charge on any atom is -0.464 e. The maximum atomic E-state index is 12.7. The number of amides is 1. The summed E-state index contributed by atoms with van der Waals surface area (Å²) in [5, 5.41) is 2.35. The van der Waals surface area contributed by atoms with E-state index in [1.165, 1.54) is 13.0 Å². The number of rotatable bonds is 9. The van der Waals surface area contributed by atoms with Crippen LogP contribution in [-0.4, -0.2) is 24.5 Å². The topological polar surface area (TPSA) is 55.4 Å². The molecule has 7 heteroatoms. The first kappa shape index (κ1) is 21.0. The first-order chi connectivity index (χ1) is 11.8. The average molecular weight is 359 g/mol. The van der Waals surface area contributed by atoms with Crippen LogP contribution in [0.2, 0.25) is 0 Å². The fraction of sp³-hybridized carbons (Fsp3) is 0.556. The molecule has 0 aliphatic heterocycles. The van der Waals surface area contributed by atoms with Crippen LogP contribution >= 0.6 is 0 Å². The number of carbonyl (C=O) groups excluding carboxylic acids is 2. The van der Waals surface area contributed by atoms with Crippen LogP contribution in [0.25, 0.3) is 0 Å². The predicted octanol–water partition coefficient (Wildman–Crippen LogP) is 4.34. The van der Waals surface area contributed by atoms with Crippen LogP contribution < -0.4 is 5.32 Å². The summed E-state index contributed by atoms with van der Waals surface area (Å²) >= 11 is 0. The predicted molar refractivity (Wildman–Crippen MR) is 88.1 cm³/mol. The molecular formula is C18H24F3NO3.